The molecular formula is C16H16BNO3. The van der Waals surface area contributed by atoms with E-state index in [9.17, 15) is 10.0 Å². The van der Waals surface area contributed by atoms with Gasteiger partial charge in [-0.05, 0) is 23.8 Å². The monoisotopic (exact) mass is 281 g/mol. The predicted octanol–water partition coefficient (Wildman–Crippen LogP) is 1.44. The maximum atomic E-state index is 9.40. The van der Waals surface area contributed by atoms with Crippen LogP contribution in [0.1, 0.15) is 5.56 Å². The van der Waals surface area contributed by atoms with Gasteiger partial charge in [-0.15, -0.1) is 0 Å². The van der Waals surface area contributed by atoms with Crippen molar-refractivity contribution in [2.24, 2.45) is 7.05 Å². The van der Waals surface area contributed by atoms with Gasteiger partial charge in [0.05, 0.1) is 5.52 Å². The number of aryl methyl sites for hydroxylation is 1. The zero-order chi connectivity index (χ0) is 14.8. The third-order valence-electron chi connectivity index (χ3n) is 3.59. The first-order valence-corrected chi connectivity index (χ1v) is 6.78. The molecule has 1 aromatic heterocycles. The first-order chi connectivity index (χ1) is 10.2. The van der Waals surface area contributed by atoms with Gasteiger partial charge in [0.25, 0.3) is 0 Å². The molecule has 0 aliphatic heterocycles. The van der Waals surface area contributed by atoms with Crippen LogP contribution >= 0.6 is 0 Å². The zero-order valence-corrected chi connectivity index (χ0v) is 11.7. The summed E-state index contributed by atoms with van der Waals surface area (Å²) < 4.78 is 7.64. The average molecular weight is 281 g/mol. The molecule has 0 aliphatic rings. The molecule has 0 amide bonds. The molecule has 2 N–H and O–H groups in total. The quantitative estimate of drug-likeness (QED) is 0.711. The van der Waals surface area contributed by atoms with E-state index in [0.717, 1.165) is 22.2 Å². The van der Waals surface area contributed by atoms with Crippen LogP contribution in [0.2, 0.25) is 0 Å². The number of benzene rings is 2. The summed E-state index contributed by atoms with van der Waals surface area (Å²) in [6, 6.07) is 17.4. The Labute approximate surface area is 123 Å². The SMILES string of the molecule is Cn1c(B(O)O)cc2c(OCc3ccccc3)cccc21. The summed E-state index contributed by atoms with van der Waals surface area (Å²) in [7, 11) is 0.308. The van der Waals surface area contributed by atoms with Crippen LogP contribution in [0.4, 0.5) is 0 Å². The molecule has 0 radical (unpaired) electrons. The van der Waals surface area contributed by atoms with Crippen molar-refractivity contribution < 1.29 is 14.8 Å². The van der Waals surface area contributed by atoms with E-state index in [1.165, 1.54) is 0 Å². The van der Waals surface area contributed by atoms with E-state index in [1.807, 2.05) is 48.5 Å². The van der Waals surface area contributed by atoms with Crippen molar-refractivity contribution in [2.45, 2.75) is 6.61 Å². The number of hydrogen-bond donors (Lipinski definition) is 2. The summed E-state index contributed by atoms with van der Waals surface area (Å²) in [6.07, 6.45) is 0. The van der Waals surface area contributed by atoms with E-state index >= 15 is 0 Å². The normalized spacial score (nSPS) is 10.8. The van der Waals surface area contributed by atoms with Crippen molar-refractivity contribution >= 4 is 23.6 Å². The number of hydrogen-bond acceptors (Lipinski definition) is 3. The molecule has 2 aromatic carbocycles. The molecule has 0 bridgehead atoms. The Hall–Kier alpha value is -2.24. The molecule has 3 aromatic rings. The van der Waals surface area contributed by atoms with E-state index in [0.29, 0.717) is 12.2 Å². The van der Waals surface area contributed by atoms with Gasteiger partial charge >= 0.3 is 7.12 Å². The second-order valence-corrected chi connectivity index (χ2v) is 4.97. The molecule has 0 saturated heterocycles. The second kappa shape index (κ2) is 5.64. The zero-order valence-electron chi connectivity index (χ0n) is 11.7. The Balaban J connectivity index is 1.94. The highest BCUT2D eigenvalue weighted by atomic mass is 16.5. The smallest absolute Gasteiger partial charge is 0.488 e. The van der Waals surface area contributed by atoms with Gasteiger partial charge in [0.15, 0.2) is 0 Å². The van der Waals surface area contributed by atoms with Crippen molar-refractivity contribution in [3.63, 3.8) is 0 Å². The van der Waals surface area contributed by atoms with E-state index in [1.54, 1.807) is 17.7 Å². The summed E-state index contributed by atoms with van der Waals surface area (Å²) in [5.41, 5.74) is 2.44. The number of ether oxygens (including phenoxy) is 1. The Morgan fingerprint density at radius 2 is 1.81 bits per heavy atom. The molecule has 0 saturated carbocycles. The average Bonchev–Trinajstić information content (AvgIpc) is 2.84. The van der Waals surface area contributed by atoms with Crippen LogP contribution < -0.4 is 10.3 Å². The summed E-state index contributed by atoms with van der Waals surface area (Å²) >= 11 is 0. The number of fused-ring (bicyclic) bond motifs is 1. The van der Waals surface area contributed by atoms with Crippen molar-refractivity contribution in [3.8, 4) is 5.75 Å². The van der Waals surface area contributed by atoms with Crippen LogP contribution in [0, 0.1) is 0 Å². The highest BCUT2D eigenvalue weighted by Gasteiger charge is 2.19. The van der Waals surface area contributed by atoms with Crippen LogP contribution in [-0.2, 0) is 13.7 Å². The van der Waals surface area contributed by atoms with Crippen LogP contribution in [0.3, 0.4) is 0 Å². The lowest BCUT2D eigenvalue weighted by Crippen LogP contribution is -2.34. The van der Waals surface area contributed by atoms with Gasteiger partial charge in [-0.25, -0.2) is 0 Å². The Morgan fingerprint density at radius 3 is 2.52 bits per heavy atom. The molecular weight excluding hydrogens is 265 g/mol. The first kappa shape index (κ1) is 13.7. The molecule has 0 fully saturated rings. The van der Waals surface area contributed by atoms with Gasteiger partial charge in [-0.1, -0.05) is 36.4 Å². The molecule has 1 heterocycles. The van der Waals surface area contributed by atoms with Gasteiger partial charge in [0.2, 0.25) is 0 Å². The van der Waals surface area contributed by atoms with Crippen LogP contribution in [-0.4, -0.2) is 21.7 Å². The van der Waals surface area contributed by atoms with Gasteiger partial charge in [0, 0.05) is 18.0 Å². The molecule has 0 aliphatic carbocycles. The van der Waals surface area contributed by atoms with Gasteiger partial charge < -0.3 is 19.4 Å². The molecule has 4 nitrogen and oxygen atoms in total. The number of aromatic nitrogens is 1. The van der Waals surface area contributed by atoms with Crippen molar-refractivity contribution in [3.05, 3.63) is 60.2 Å². The fourth-order valence-electron chi connectivity index (χ4n) is 2.46. The molecule has 0 unspecified atom stereocenters. The largest absolute Gasteiger partial charge is 0.505 e. The topological polar surface area (TPSA) is 54.6 Å². The van der Waals surface area contributed by atoms with Crippen LogP contribution in [0.5, 0.6) is 5.75 Å². The van der Waals surface area contributed by atoms with Crippen molar-refractivity contribution in [1.82, 2.24) is 4.57 Å². The predicted molar refractivity (Wildman–Crippen MR) is 83.5 cm³/mol. The summed E-state index contributed by atoms with van der Waals surface area (Å²) in [4.78, 5) is 0. The van der Waals surface area contributed by atoms with Crippen LogP contribution in [0.15, 0.2) is 54.6 Å². The summed E-state index contributed by atoms with van der Waals surface area (Å²) in [5.74, 6) is 0.735. The third-order valence-corrected chi connectivity index (χ3v) is 3.59. The maximum Gasteiger partial charge on any atom is 0.505 e. The number of rotatable bonds is 4. The Morgan fingerprint density at radius 1 is 1.05 bits per heavy atom. The molecule has 21 heavy (non-hydrogen) atoms. The van der Waals surface area contributed by atoms with Crippen LogP contribution in [0.25, 0.3) is 10.9 Å². The second-order valence-electron chi connectivity index (χ2n) is 4.97. The van der Waals surface area contributed by atoms with Gasteiger partial charge in [0.1, 0.15) is 12.4 Å². The first-order valence-electron chi connectivity index (χ1n) is 6.78. The van der Waals surface area contributed by atoms with Crippen molar-refractivity contribution in [2.75, 3.05) is 0 Å². The van der Waals surface area contributed by atoms with Gasteiger partial charge in [-0.3, -0.25) is 0 Å². The lowest BCUT2D eigenvalue weighted by atomic mass is 9.86. The standard InChI is InChI=1S/C16H16BNO3/c1-18-14-8-5-9-15(13(14)10-16(18)17(19)20)21-11-12-6-3-2-4-7-12/h2-10,19-20H,11H2,1H3. The molecule has 5 heteroatoms. The molecule has 106 valence electrons. The molecule has 0 atom stereocenters. The van der Waals surface area contributed by atoms with E-state index in [4.69, 9.17) is 4.74 Å². The summed E-state index contributed by atoms with van der Waals surface area (Å²) in [5, 5.41) is 19.7. The third kappa shape index (κ3) is 2.66. The van der Waals surface area contributed by atoms with E-state index < -0.39 is 7.12 Å². The van der Waals surface area contributed by atoms with Crippen molar-refractivity contribution in [1.29, 1.82) is 0 Å². The molecule has 3 rings (SSSR count). The maximum absolute atomic E-state index is 9.40. The molecule has 0 spiro atoms. The highest BCUT2D eigenvalue weighted by Crippen LogP contribution is 2.26. The highest BCUT2D eigenvalue weighted by molar-refractivity contribution is 6.58. The fraction of sp³-hybridized carbons (Fsp3) is 0.125. The lowest BCUT2D eigenvalue weighted by molar-refractivity contribution is 0.310. The lowest BCUT2D eigenvalue weighted by Gasteiger charge is -2.08. The minimum atomic E-state index is -1.50. The van der Waals surface area contributed by atoms with Gasteiger partial charge in [-0.2, -0.15) is 0 Å². The van der Waals surface area contributed by atoms with E-state index in [-0.39, 0.29) is 0 Å². The minimum Gasteiger partial charge on any atom is -0.488 e. The number of nitrogens with zero attached hydrogens (tertiary/aromatic N) is 1. The Kier molecular flexibility index (Phi) is 3.69. The Bertz CT molecular complexity index is 753. The summed E-state index contributed by atoms with van der Waals surface area (Å²) in [6.45, 7) is 0.478. The fourth-order valence-corrected chi connectivity index (χ4v) is 2.46. The minimum absolute atomic E-state index is 0.445. The van der Waals surface area contributed by atoms with E-state index in [2.05, 4.69) is 0 Å².